The molecule has 0 bridgehead atoms. The Morgan fingerprint density at radius 2 is 1.89 bits per heavy atom. The summed E-state index contributed by atoms with van der Waals surface area (Å²) in [6, 6.07) is 5.23. The maximum atomic E-state index is 11.5. The second kappa shape index (κ2) is 5.76. The number of hydrogen-bond donors (Lipinski definition) is 2. The van der Waals surface area contributed by atoms with E-state index in [4.69, 9.17) is 16.2 Å². The molecule has 4 nitrogen and oxygen atoms in total. The Bertz CT molecular complexity index is 408. The van der Waals surface area contributed by atoms with Crippen molar-refractivity contribution in [2.75, 3.05) is 11.5 Å². The molecule has 0 amide bonds. The van der Waals surface area contributed by atoms with E-state index in [1.165, 1.54) is 19.3 Å². The summed E-state index contributed by atoms with van der Waals surface area (Å²) >= 11 is 0. The van der Waals surface area contributed by atoms with Gasteiger partial charge in [0.05, 0.1) is 0 Å². The van der Waals surface area contributed by atoms with Crippen molar-refractivity contribution in [3.63, 3.8) is 0 Å². The van der Waals surface area contributed by atoms with Crippen LogP contribution in [-0.4, -0.2) is 5.97 Å². The Labute approximate surface area is 107 Å². The van der Waals surface area contributed by atoms with E-state index in [-0.39, 0.29) is 12.6 Å². The van der Waals surface area contributed by atoms with Gasteiger partial charge in [0.15, 0.2) is 0 Å². The molecule has 1 aliphatic carbocycles. The molecule has 0 aliphatic heterocycles. The lowest BCUT2D eigenvalue weighted by atomic mass is 9.82. The molecule has 0 atom stereocenters. The van der Waals surface area contributed by atoms with Crippen molar-refractivity contribution in [2.45, 2.75) is 38.7 Å². The van der Waals surface area contributed by atoms with Crippen molar-refractivity contribution in [3.05, 3.63) is 23.8 Å². The zero-order valence-electron chi connectivity index (χ0n) is 10.5. The second-order valence-corrected chi connectivity index (χ2v) is 5.00. The fraction of sp³-hybridized carbons (Fsp3) is 0.500. The van der Waals surface area contributed by atoms with Crippen molar-refractivity contribution in [1.29, 1.82) is 0 Å². The van der Waals surface area contributed by atoms with Crippen LogP contribution in [0.2, 0.25) is 0 Å². The van der Waals surface area contributed by atoms with E-state index in [2.05, 4.69) is 0 Å². The summed E-state index contributed by atoms with van der Waals surface area (Å²) < 4.78 is 5.21. The number of nitrogens with two attached hydrogens (primary N) is 2. The normalized spacial score (nSPS) is 15.1. The van der Waals surface area contributed by atoms with Crippen LogP contribution < -0.4 is 11.5 Å². The Kier molecular flexibility index (Phi) is 4.07. The minimum absolute atomic E-state index is 0.136. The first-order valence-corrected chi connectivity index (χ1v) is 6.44. The smallest absolute Gasteiger partial charge is 0.306 e. The molecule has 0 radical (unpaired) electrons. The number of hydrogen-bond acceptors (Lipinski definition) is 4. The topological polar surface area (TPSA) is 78.3 Å². The summed E-state index contributed by atoms with van der Waals surface area (Å²) in [5.74, 6) is 0.600. The van der Waals surface area contributed by atoms with Crippen molar-refractivity contribution in [2.24, 2.45) is 5.92 Å². The first-order valence-electron chi connectivity index (χ1n) is 6.44. The highest BCUT2D eigenvalue weighted by molar-refractivity contribution is 5.69. The van der Waals surface area contributed by atoms with Gasteiger partial charge in [0.1, 0.15) is 6.61 Å². The van der Waals surface area contributed by atoms with Gasteiger partial charge >= 0.3 is 5.97 Å². The number of anilines is 2. The molecule has 1 aromatic rings. The van der Waals surface area contributed by atoms with Gasteiger partial charge in [-0.05, 0) is 36.1 Å². The quantitative estimate of drug-likeness (QED) is 0.619. The fourth-order valence-electron chi connectivity index (χ4n) is 2.17. The first-order chi connectivity index (χ1) is 8.63. The van der Waals surface area contributed by atoms with Gasteiger partial charge in [-0.1, -0.05) is 19.3 Å². The summed E-state index contributed by atoms with van der Waals surface area (Å²) in [6.45, 7) is 0.249. The molecule has 18 heavy (non-hydrogen) atoms. The van der Waals surface area contributed by atoms with Crippen molar-refractivity contribution in [1.82, 2.24) is 0 Å². The summed E-state index contributed by atoms with van der Waals surface area (Å²) in [7, 11) is 0. The maximum Gasteiger partial charge on any atom is 0.306 e. The van der Waals surface area contributed by atoms with Gasteiger partial charge in [-0.2, -0.15) is 0 Å². The van der Waals surface area contributed by atoms with Crippen LogP contribution in [0.25, 0.3) is 0 Å². The maximum absolute atomic E-state index is 11.5. The fourth-order valence-corrected chi connectivity index (χ4v) is 2.17. The summed E-state index contributed by atoms with van der Waals surface area (Å²) in [4.78, 5) is 11.5. The van der Waals surface area contributed by atoms with Crippen LogP contribution in [0.15, 0.2) is 18.2 Å². The molecule has 98 valence electrons. The van der Waals surface area contributed by atoms with E-state index in [9.17, 15) is 4.79 Å². The number of carbonyl (C=O) groups excluding carboxylic acids is 1. The van der Waals surface area contributed by atoms with Crippen LogP contribution in [0, 0.1) is 5.92 Å². The first kappa shape index (κ1) is 12.7. The highest BCUT2D eigenvalue weighted by atomic mass is 16.5. The Hall–Kier alpha value is -1.71. The van der Waals surface area contributed by atoms with Crippen LogP contribution in [0.1, 0.15) is 37.7 Å². The molecule has 1 fully saturated rings. The van der Waals surface area contributed by atoms with Crippen LogP contribution >= 0.6 is 0 Å². The predicted molar refractivity (Wildman–Crippen MR) is 71.6 cm³/mol. The number of esters is 1. The molecule has 2 rings (SSSR count). The van der Waals surface area contributed by atoms with Crippen LogP contribution in [0.4, 0.5) is 11.4 Å². The molecule has 4 heteroatoms. The van der Waals surface area contributed by atoms with Crippen LogP contribution in [0.3, 0.4) is 0 Å². The average Bonchev–Trinajstić information content (AvgIpc) is 2.23. The molecule has 0 spiro atoms. The number of nitrogen functional groups attached to an aromatic ring is 2. The lowest BCUT2D eigenvalue weighted by molar-refractivity contribution is -0.145. The van der Waals surface area contributed by atoms with Gasteiger partial charge < -0.3 is 16.2 Å². The van der Waals surface area contributed by atoms with E-state index >= 15 is 0 Å². The molecular weight excluding hydrogens is 228 g/mol. The minimum atomic E-state index is -0.136. The molecule has 1 aromatic carbocycles. The minimum Gasteiger partial charge on any atom is -0.461 e. The van der Waals surface area contributed by atoms with Gasteiger partial charge in [-0.3, -0.25) is 4.79 Å². The molecule has 0 saturated heterocycles. The third-order valence-corrected chi connectivity index (χ3v) is 3.42. The lowest BCUT2D eigenvalue weighted by Crippen LogP contribution is -2.14. The third-order valence-electron chi connectivity index (χ3n) is 3.42. The molecule has 1 aliphatic rings. The molecule has 1 saturated carbocycles. The largest absolute Gasteiger partial charge is 0.461 e. The summed E-state index contributed by atoms with van der Waals surface area (Å²) in [5.41, 5.74) is 13.4. The Morgan fingerprint density at radius 1 is 1.22 bits per heavy atom. The van der Waals surface area contributed by atoms with Gasteiger partial charge in [-0.25, -0.2) is 0 Å². The van der Waals surface area contributed by atoms with Gasteiger partial charge in [0.25, 0.3) is 0 Å². The number of benzene rings is 1. The Morgan fingerprint density at radius 3 is 2.44 bits per heavy atom. The zero-order valence-corrected chi connectivity index (χ0v) is 10.5. The molecule has 0 heterocycles. The van der Waals surface area contributed by atoms with Gasteiger partial charge in [0.2, 0.25) is 0 Å². The third kappa shape index (κ3) is 3.65. The van der Waals surface area contributed by atoms with Gasteiger partial charge in [-0.15, -0.1) is 0 Å². The highest BCUT2D eigenvalue weighted by Crippen LogP contribution is 2.30. The molecule has 4 N–H and O–H groups in total. The van der Waals surface area contributed by atoms with Crippen molar-refractivity contribution < 1.29 is 9.53 Å². The molecule has 0 unspecified atom stereocenters. The Balaban J connectivity index is 1.74. The monoisotopic (exact) mass is 248 g/mol. The SMILES string of the molecule is Nc1cc(N)cc(COC(=O)CCC2CCC2)c1. The molecule has 0 aromatic heterocycles. The lowest BCUT2D eigenvalue weighted by Gasteiger charge is -2.24. The van der Waals surface area contributed by atoms with E-state index in [1.54, 1.807) is 18.2 Å². The van der Waals surface area contributed by atoms with E-state index < -0.39 is 0 Å². The summed E-state index contributed by atoms with van der Waals surface area (Å²) in [5, 5.41) is 0. The van der Waals surface area contributed by atoms with E-state index in [0.717, 1.165) is 17.9 Å². The molecular formula is C14H20N2O2. The van der Waals surface area contributed by atoms with Crippen molar-refractivity contribution >= 4 is 17.3 Å². The summed E-state index contributed by atoms with van der Waals surface area (Å²) in [6.07, 6.45) is 5.31. The average molecular weight is 248 g/mol. The van der Waals surface area contributed by atoms with Crippen LogP contribution in [0.5, 0.6) is 0 Å². The van der Waals surface area contributed by atoms with E-state index in [0.29, 0.717) is 17.8 Å². The highest BCUT2D eigenvalue weighted by Gasteiger charge is 2.18. The number of ether oxygens (including phenoxy) is 1. The van der Waals surface area contributed by atoms with Crippen molar-refractivity contribution in [3.8, 4) is 0 Å². The number of carbonyl (C=O) groups is 1. The van der Waals surface area contributed by atoms with Gasteiger partial charge in [0, 0.05) is 17.8 Å². The zero-order chi connectivity index (χ0) is 13.0. The standard InChI is InChI=1S/C14H20N2O2/c15-12-6-11(7-13(16)8-12)9-18-14(17)5-4-10-2-1-3-10/h6-8,10H,1-5,9,15-16H2. The number of rotatable bonds is 5. The second-order valence-electron chi connectivity index (χ2n) is 5.00. The van der Waals surface area contributed by atoms with Crippen LogP contribution in [-0.2, 0) is 16.1 Å². The van der Waals surface area contributed by atoms with E-state index in [1.807, 2.05) is 0 Å². The predicted octanol–water partition coefficient (Wildman–Crippen LogP) is 2.47.